The van der Waals surface area contributed by atoms with Crippen molar-refractivity contribution < 1.29 is 23.5 Å². The standard InChI is InChI=1S/C26H18FNO4/c1-15-7-6-9-17(13-15)28-23(18-10-3-4-11-19(18)27)22(25(30)26(28)31)24(29)21-14-16-8-2-5-12-20(16)32-21/h2-14,23,30H,1H3. The highest BCUT2D eigenvalue weighted by Gasteiger charge is 2.46. The van der Waals surface area contributed by atoms with Crippen LogP contribution < -0.4 is 4.90 Å². The number of nitrogens with zero attached hydrogens (tertiary/aromatic N) is 1. The van der Waals surface area contributed by atoms with Crippen LogP contribution in [0, 0.1) is 12.7 Å². The van der Waals surface area contributed by atoms with Gasteiger partial charge in [0, 0.05) is 16.6 Å². The second-order valence-electron chi connectivity index (χ2n) is 7.68. The number of hydrogen-bond donors (Lipinski definition) is 1. The van der Waals surface area contributed by atoms with Crippen molar-refractivity contribution in [2.24, 2.45) is 0 Å². The summed E-state index contributed by atoms with van der Waals surface area (Å²) >= 11 is 0. The van der Waals surface area contributed by atoms with Crippen molar-refractivity contribution in [3.8, 4) is 0 Å². The minimum absolute atomic E-state index is 0.0343. The predicted octanol–water partition coefficient (Wildman–Crippen LogP) is 5.66. The first kappa shape index (κ1) is 19.8. The summed E-state index contributed by atoms with van der Waals surface area (Å²) < 4.78 is 20.6. The molecule has 0 radical (unpaired) electrons. The highest BCUT2D eigenvalue weighted by molar-refractivity contribution is 6.20. The third-order valence-electron chi connectivity index (χ3n) is 5.58. The molecule has 158 valence electrons. The van der Waals surface area contributed by atoms with Crippen LogP contribution in [0.25, 0.3) is 11.0 Å². The summed E-state index contributed by atoms with van der Waals surface area (Å²) in [6, 6.07) is 20.4. The summed E-state index contributed by atoms with van der Waals surface area (Å²) in [4.78, 5) is 27.9. The maximum Gasteiger partial charge on any atom is 0.294 e. The molecule has 0 aliphatic carbocycles. The number of rotatable bonds is 4. The van der Waals surface area contributed by atoms with Gasteiger partial charge in [-0.05, 0) is 42.8 Å². The number of fused-ring (bicyclic) bond motifs is 1. The summed E-state index contributed by atoms with van der Waals surface area (Å²) in [5.41, 5.74) is 1.70. The third-order valence-corrected chi connectivity index (χ3v) is 5.58. The molecule has 1 aromatic heterocycles. The normalized spacial score (nSPS) is 16.2. The Hall–Kier alpha value is -4.19. The number of anilines is 1. The Labute approximate surface area is 183 Å². The zero-order valence-electron chi connectivity index (χ0n) is 17.1. The van der Waals surface area contributed by atoms with Gasteiger partial charge in [-0.25, -0.2) is 4.39 Å². The fourth-order valence-corrected chi connectivity index (χ4v) is 4.10. The lowest BCUT2D eigenvalue weighted by atomic mass is 9.94. The van der Waals surface area contributed by atoms with Crippen molar-refractivity contribution in [1.29, 1.82) is 0 Å². The van der Waals surface area contributed by atoms with Crippen LogP contribution in [0.1, 0.15) is 27.7 Å². The molecule has 0 spiro atoms. The van der Waals surface area contributed by atoms with Crippen molar-refractivity contribution >= 4 is 28.3 Å². The number of para-hydroxylation sites is 1. The molecule has 1 N–H and O–H groups in total. The molecular formula is C26H18FNO4. The monoisotopic (exact) mass is 427 g/mol. The second-order valence-corrected chi connectivity index (χ2v) is 7.68. The number of carbonyl (C=O) groups is 2. The average molecular weight is 427 g/mol. The quantitative estimate of drug-likeness (QED) is 0.427. The summed E-state index contributed by atoms with van der Waals surface area (Å²) in [6.45, 7) is 1.86. The molecule has 1 aliphatic rings. The van der Waals surface area contributed by atoms with Crippen LogP contribution in [0.3, 0.4) is 0 Å². The van der Waals surface area contributed by atoms with Crippen LogP contribution in [0.2, 0.25) is 0 Å². The average Bonchev–Trinajstić information content (AvgIpc) is 3.33. The molecule has 32 heavy (non-hydrogen) atoms. The van der Waals surface area contributed by atoms with Gasteiger partial charge < -0.3 is 9.52 Å². The Balaban J connectivity index is 1.69. The molecule has 0 fully saturated rings. The van der Waals surface area contributed by atoms with E-state index in [4.69, 9.17) is 4.42 Å². The first-order valence-corrected chi connectivity index (χ1v) is 10.1. The molecule has 1 unspecified atom stereocenters. The number of aliphatic hydroxyl groups excluding tert-OH is 1. The SMILES string of the molecule is Cc1cccc(N2C(=O)C(O)=C(C(=O)c3cc4ccccc4o3)C2c2ccccc2F)c1. The zero-order chi connectivity index (χ0) is 22.4. The second kappa shape index (κ2) is 7.50. The zero-order valence-corrected chi connectivity index (χ0v) is 17.1. The fraction of sp³-hybridized carbons (Fsp3) is 0.0769. The van der Waals surface area contributed by atoms with Crippen molar-refractivity contribution in [3.63, 3.8) is 0 Å². The van der Waals surface area contributed by atoms with E-state index in [-0.39, 0.29) is 16.9 Å². The molecule has 0 saturated heterocycles. The van der Waals surface area contributed by atoms with Gasteiger partial charge in [0.05, 0.1) is 11.6 Å². The molecule has 2 heterocycles. The lowest BCUT2D eigenvalue weighted by Crippen LogP contribution is -2.31. The fourth-order valence-electron chi connectivity index (χ4n) is 4.10. The van der Waals surface area contributed by atoms with E-state index in [0.717, 1.165) is 5.56 Å². The van der Waals surface area contributed by atoms with Crippen LogP contribution in [0.15, 0.2) is 94.6 Å². The van der Waals surface area contributed by atoms with E-state index in [1.54, 1.807) is 48.5 Å². The van der Waals surface area contributed by atoms with Gasteiger partial charge in [0.1, 0.15) is 11.4 Å². The third kappa shape index (κ3) is 3.08. The number of furan rings is 1. The van der Waals surface area contributed by atoms with E-state index in [0.29, 0.717) is 16.7 Å². The highest BCUT2D eigenvalue weighted by Crippen LogP contribution is 2.43. The summed E-state index contributed by atoms with van der Waals surface area (Å²) in [5.74, 6) is -2.79. The van der Waals surface area contributed by atoms with Crippen LogP contribution in [-0.2, 0) is 4.79 Å². The van der Waals surface area contributed by atoms with Crippen molar-refractivity contribution in [2.75, 3.05) is 4.90 Å². The topological polar surface area (TPSA) is 70.8 Å². The van der Waals surface area contributed by atoms with Gasteiger partial charge in [-0.15, -0.1) is 0 Å². The first-order chi connectivity index (χ1) is 15.5. The Bertz CT molecular complexity index is 1390. The molecule has 0 saturated carbocycles. The molecule has 1 amide bonds. The van der Waals surface area contributed by atoms with E-state index in [9.17, 15) is 19.1 Å². The Morgan fingerprint density at radius 2 is 1.75 bits per heavy atom. The molecule has 5 nitrogen and oxygen atoms in total. The van der Waals surface area contributed by atoms with E-state index < -0.39 is 29.3 Å². The lowest BCUT2D eigenvalue weighted by Gasteiger charge is -2.27. The Morgan fingerprint density at radius 1 is 1.00 bits per heavy atom. The minimum atomic E-state index is -1.15. The molecular weight excluding hydrogens is 409 g/mol. The van der Waals surface area contributed by atoms with Crippen molar-refractivity contribution in [1.82, 2.24) is 0 Å². The largest absolute Gasteiger partial charge is 0.503 e. The number of Topliss-reactive ketones (excluding diaryl/α,β-unsaturated/α-hetero) is 1. The number of amides is 1. The van der Waals surface area contributed by atoms with Crippen LogP contribution in [0.4, 0.5) is 10.1 Å². The molecule has 1 atom stereocenters. The number of aliphatic hydroxyl groups is 1. The number of halogens is 1. The maximum atomic E-state index is 14.9. The van der Waals surface area contributed by atoms with Gasteiger partial charge >= 0.3 is 0 Å². The summed E-state index contributed by atoms with van der Waals surface area (Å²) in [6.07, 6.45) is 0. The van der Waals surface area contributed by atoms with Crippen LogP contribution >= 0.6 is 0 Å². The minimum Gasteiger partial charge on any atom is -0.503 e. The smallest absolute Gasteiger partial charge is 0.294 e. The van der Waals surface area contributed by atoms with Gasteiger partial charge in [0.2, 0.25) is 5.78 Å². The lowest BCUT2D eigenvalue weighted by molar-refractivity contribution is -0.117. The van der Waals surface area contributed by atoms with Crippen LogP contribution in [0.5, 0.6) is 0 Å². The number of carbonyl (C=O) groups excluding carboxylic acids is 2. The van der Waals surface area contributed by atoms with E-state index in [1.807, 2.05) is 19.1 Å². The van der Waals surface area contributed by atoms with Gasteiger partial charge in [-0.3, -0.25) is 14.5 Å². The predicted molar refractivity (Wildman–Crippen MR) is 118 cm³/mol. The Kier molecular flexibility index (Phi) is 4.63. The highest BCUT2D eigenvalue weighted by atomic mass is 19.1. The summed E-state index contributed by atoms with van der Waals surface area (Å²) in [7, 11) is 0. The maximum absolute atomic E-state index is 14.9. The number of benzene rings is 3. The van der Waals surface area contributed by atoms with Gasteiger partial charge in [0.15, 0.2) is 11.5 Å². The summed E-state index contributed by atoms with van der Waals surface area (Å²) in [5, 5.41) is 11.5. The number of ketones is 1. The van der Waals surface area contributed by atoms with Crippen molar-refractivity contribution in [2.45, 2.75) is 13.0 Å². The van der Waals surface area contributed by atoms with E-state index >= 15 is 0 Å². The molecule has 0 bridgehead atoms. The first-order valence-electron chi connectivity index (χ1n) is 10.1. The molecule has 6 heteroatoms. The molecule has 4 aromatic rings. The van der Waals surface area contributed by atoms with E-state index in [2.05, 4.69) is 0 Å². The molecule has 5 rings (SSSR count). The molecule has 3 aromatic carbocycles. The molecule has 1 aliphatic heterocycles. The van der Waals surface area contributed by atoms with E-state index in [1.165, 1.54) is 23.1 Å². The Morgan fingerprint density at radius 3 is 2.50 bits per heavy atom. The van der Waals surface area contributed by atoms with Crippen molar-refractivity contribution in [3.05, 3.63) is 113 Å². The van der Waals surface area contributed by atoms with Gasteiger partial charge in [0.25, 0.3) is 5.91 Å². The van der Waals surface area contributed by atoms with Gasteiger partial charge in [-0.2, -0.15) is 0 Å². The van der Waals surface area contributed by atoms with Crippen LogP contribution in [-0.4, -0.2) is 16.8 Å². The van der Waals surface area contributed by atoms with Gasteiger partial charge in [-0.1, -0.05) is 48.5 Å². The number of aryl methyl sites for hydroxylation is 1. The number of hydrogen-bond acceptors (Lipinski definition) is 4.